The minimum Gasteiger partial charge on any atom is -0.304 e. The average molecular weight is 344 g/mol. The Morgan fingerprint density at radius 1 is 1.25 bits per heavy atom. The molecule has 1 fully saturated rings. The monoisotopic (exact) mass is 343 g/mol. The molecule has 3 heterocycles. The summed E-state index contributed by atoms with van der Waals surface area (Å²) in [6.45, 7) is 1.09. The fraction of sp³-hybridized carbons (Fsp3) is 0.467. The van der Waals surface area contributed by atoms with E-state index in [1.807, 2.05) is 17.4 Å². The summed E-state index contributed by atoms with van der Waals surface area (Å²) >= 11 is 11.7. The second-order valence-electron chi connectivity index (χ2n) is 4.99. The zero-order valence-corrected chi connectivity index (χ0v) is 14.4. The molecule has 2 aromatic rings. The molecule has 0 saturated carbocycles. The van der Waals surface area contributed by atoms with Gasteiger partial charge in [-0.25, -0.2) is 0 Å². The van der Waals surface area contributed by atoms with Gasteiger partial charge in [-0.2, -0.15) is 11.8 Å². The molecule has 2 unspecified atom stereocenters. The third-order valence-electron chi connectivity index (χ3n) is 3.53. The van der Waals surface area contributed by atoms with Crippen LogP contribution in [0.3, 0.4) is 0 Å². The van der Waals surface area contributed by atoms with Crippen molar-refractivity contribution in [2.75, 3.05) is 12.3 Å². The van der Waals surface area contributed by atoms with Gasteiger partial charge in [-0.1, -0.05) is 24.1 Å². The molecule has 2 aromatic heterocycles. The van der Waals surface area contributed by atoms with Gasteiger partial charge in [-0.15, -0.1) is 22.7 Å². The summed E-state index contributed by atoms with van der Waals surface area (Å²) in [7, 11) is 0. The van der Waals surface area contributed by atoms with Gasteiger partial charge in [-0.3, -0.25) is 0 Å². The van der Waals surface area contributed by atoms with Crippen molar-refractivity contribution in [3.63, 3.8) is 0 Å². The molecule has 20 heavy (non-hydrogen) atoms. The Hall–Kier alpha value is -0.0000000000000000555. The Balaban J connectivity index is 1.69. The minimum absolute atomic E-state index is 0.301. The first-order chi connectivity index (χ1) is 9.83. The largest absolute Gasteiger partial charge is 0.304 e. The van der Waals surface area contributed by atoms with Crippen LogP contribution in [0.1, 0.15) is 35.1 Å². The molecule has 1 saturated heterocycles. The molecule has 0 amide bonds. The number of thioether (sulfide) groups is 1. The first kappa shape index (κ1) is 14.9. The van der Waals surface area contributed by atoms with Crippen LogP contribution in [0.15, 0.2) is 29.6 Å². The van der Waals surface area contributed by atoms with Gasteiger partial charge in [-0.05, 0) is 42.2 Å². The number of thiophene rings is 2. The van der Waals surface area contributed by atoms with E-state index in [1.54, 1.807) is 11.3 Å². The number of nitrogens with one attached hydrogen (secondary N) is 1. The van der Waals surface area contributed by atoms with Crippen LogP contribution in [0, 0.1) is 0 Å². The van der Waals surface area contributed by atoms with Gasteiger partial charge in [0, 0.05) is 21.5 Å². The quantitative estimate of drug-likeness (QED) is 0.777. The highest BCUT2D eigenvalue weighted by Crippen LogP contribution is 2.34. The molecule has 5 heteroatoms. The van der Waals surface area contributed by atoms with E-state index in [0.717, 1.165) is 16.1 Å². The van der Waals surface area contributed by atoms with E-state index in [9.17, 15) is 0 Å². The SMILES string of the molecule is Clc1ccc(C(NCC2CCCCS2)c2cccs2)s1. The van der Waals surface area contributed by atoms with Crippen molar-refractivity contribution >= 4 is 46.0 Å². The molecule has 1 aliphatic rings. The van der Waals surface area contributed by atoms with Gasteiger partial charge < -0.3 is 5.32 Å². The molecule has 0 aromatic carbocycles. The molecule has 1 N–H and O–H groups in total. The molecule has 0 radical (unpaired) electrons. The third-order valence-corrected chi connectivity index (χ3v) is 7.16. The predicted octanol–water partition coefficient (Wildman–Crippen LogP) is 5.43. The molecular formula is C15H18ClNS3. The molecule has 0 aliphatic carbocycles. The van der Waals surface area contributed by atoms with Crippen LogP contribution < -0.4 is 5.32 Å². The van der Waals surface area contributed by atoms with Crippen molar-refractivity contribution in [2.24, 2.45) is 0 Å². The molecule has 1 nitrogen and oxygen atoms in total. The highest BCUT2D eigenvalue weighted by molar-refractivity contribution is 7.99. The van der Waals surface area contributed by atoms with Crippen LogP contribution in [-0.2, 0) is 0 Å². The summed E-state index contributed by atoms with van der Waals surface area (Å²) in [4.78, 5) is 2.70. The molecular weight excluding hydrogens is 326 g/mol. The maximum absolute atomic E-state index is 6.10. The fourth-order valence-corrected chi connectivity index (χ4v) is 5.80. The van der Waals surface area contributed by atoms with E-state index in [1.165, 1.54) is 34.8 Å². The summed E-state index contributed by atoms with van der Waals surface area (Å²) in [5.41, 5.74) is 0. The lowest BCUT2D eigenvalue weighted by atomic mass is 10.1. The van der Waals surface area contributed by atoms with Crippen molar-refractivity contribution in [1.82, 2.24) is 5.32 Å². The van der Waals surface area contributed by atoms with E-state index >= 15 is 0 Å². The Labute approximate surface area is 137 Å². The van der Waals surface area contributed by atoms with Crippen LogP contribution in [0.25, 0.3) is 0 Å². The van der Waals surface area contributed by atoms with E-state index in [2.05, 4.69) is 40.7 Å². The van der Waals surface area contributed by atoms with Crippen molar-refractivity contribution in [1.29, 1.82) is 0 Å². The fourth-order valence-electron chi connectivity index (χ4n) is 2.50. The second-order valence-corrected chi connectivity index (χ2v) is 9.12. The highest BCUT2D eigenvalue weighted by Gasteiger charge is 2.20. The van der Waals surface area contributed by atoms with Crippen molar-refractivity contribution in [3.8, 4) is 0 Å². The number of hydrogen-bond acceptors (Lipinski definition) is 4. The third kappa shape index (κ3) is 3.80. The minimum atomic E-state index is 0.301. The lowest BCUT2D eigenvalue weighted by Gasteiger charge is -2.24. The van der Waals surface area contributed by atoms with Gasteiger partial charge in [0.1, 0.15) is 0 Å². The first-order valence-electron chi connectivity index (χ1n) is 6.96. The topological polar surface area (TPSA) is 12.0 Å². The molecule has 0 bridgehead atoms. The van der Waals surface area contributed by atoms with Crippen LogP contribution in [0.5, 0.6) is 0 Å². The van der Waals surface area contributed by atoms with Gasteiger partial charge >= 0.3 is 0 Å². The highest BCUT2D eigenvalue weighted by atomic mass is 35.5. The van der Waals surface area contributed by atoms with Gasteiger partial charge in [0.25, 0.3) is 0 Å². The molecule has 2 atom stereocenters. The Kier molecular flexibility index (Phi) is 5.46. The summed E-state index contributed by atoms with van der Waals surface area (Å²) in [6.07, 6.45) is 4.12. The summed E-state index contributed by atoms with van der Waals surface area (Å²) < 4.78 is 0.871. The zero-order chi connectivity index (χ0) is 13.8. The van der Waals surface area contributed by atoms with Crippen molar-refractivity contribution in [2.45, 2.75) is 30.6 Å². The van der Waals surface area contributed by atoms with Crippen LogP contribution in [0.2, 0.25) is 4.34 Å². The molecule has 108 valence electrons. The molecule has 1 aliphatic heterocycles. The number of hydrogen-bond donors (Lipinski definition) is 1. The molecule has 0 spiro atoms. The van der Waals surface area contributed by atoms with Crippen molar-refractivity contribution in [3.05, 3.63) is 43.7 Å². The Morgan fingerprint density at radius 3 is 2.85 bits per heavy atom. The lowest BCUT2D eigenvalue weighted by Crippen LogP contribution is -2.30. The Bertz CT molecular complexity index is 517. The predicted molar refractivity (Wildman–Crippen MR) is 93.6 cm³/mol. The smallest absolute Gasteiger partial charge is 0.0931 e. The normalized spacial score (nSPS) is 20.9. The van der Waals surface area contributed by atoms with E-state index in [-0.39, 0.29) is 0 Å². The average Bonchev–Trinajstić information content (AvgIpc) is 3.13. The molecule has 3 rings (SSSR count). The summed E-state index contributed by atoms with van der Waals surface area (Å²) in [6, 6.07) is 8.79. The van der Waals surface area contributed by atoms with E-state index in [0.29, 0.717) is 6.04 Å². The zero-order valence-electron chi connectivity index (χ0n) is 11.2. The van der Waals surface area contributed by atoms with Gasteiger partial charge in [0.2, 0.25) is 0 Å². The van der Waals surface area contributed by atoms with Gasteiger partial charge in [0.15, 0.2) is 0 Å². The van der Waals surface area contributed by atoms with E-state index < -0.39 is 0 Å². The van der Waals surface area contributed by atoms with Gasteiger partial charge in [0.05, 0.1) is 10.4 Å². The number of rotatable bonds is 5. The first-order valence-corrected chi connectivity index (χ1v) is 10.1. The van der Waals surface area contributed by atoms with Crippen LogP contribution in [0.4, 0.5) is 0 Å². The summed E-state index contributed by atoms with van der Waals surface area (Å²) in [5, 5.41) is 6.68. The van der Waals surface area contributed by atoms with Crippen molar-refractivity contribution < 1.29 is 0 Å². The van der Waals surface area contributed by atoms with Crippen LogP contribution >= 0.6 is 46.0 Å². The lowest BCUT2D eigenvalue weighted by molar-refractivity contribution is 0.566. The maximum atomic E-state index is 6.10. The van der Waals surface area contributed by atoms with Crippen LogP contribution in [-0.4, -0.2) is 17.5 Å². The Morgan fingerprint density at radius 2 is 2.20 bits per heavy atom. The standard InChI is InChI=1S/C15H18ClNS3/c16-14-7-6-13(20-14)15(12-5-3-9-19-12)17-10-11-4-1-2-8-18-11/h3,5-7,9,11,15,17H,1-2,4,8,10H2. The summed E-state index contributed by atoms with van der Waals surface area (Å²) in [5.74, 6) is 1.32. The maximum Gasteiger partial charge on any atom is 0.0931 e. The second kappa shape index (κ2) is 7.32. The number of halogens is 1. The van der Waals surface area contributed by atoms with E-state index in [4.69, 9.17) is 11.6 Å².